The Kier molecular flexibility index (Phi) is 4.82. The number of hydrogen-bond donors (Lipinski definition) is 2. The molecule has 5 heteroatoms. The lowest BCUT2D eigenvalue weighted by atomic mass is 10.0. The molecule has 19 heavy (non-hydrogen) atoms. The van der Waals surface area contributed by atoms with Crippen molar-refractivity contribution in [2.45, 2.75) is 25.3 Å². The average Bonchev–Trinajstić information content (AvgIpc) is 2.40. The fourth-order valence-electron chi connectivity index (χ4n) is 2.40. The van der Waals surface area contributed by atoms with Crippen molar-refractivity contribution in [2.75, 3.05) is 20.1 Å². The predicted octanol–water partition coefficient (Wildman–Crippen LogP) is 2.37. The van der Waals surface area contributed by atoms with Crippen LogP contribution in [0.25, 0.3) is 0 Å². The van der Waals surface area contributed by atoms with E-state index in [4.69, 9.17) is 0 Å². The van der Waals surface area contributed by atoms with Crippen LogP contribution in [0.1, 0.15) is 29.6 Å². The molecule has 1 aliphatic heterocycles. The molecule has 1 aromatic rings. The van der Waals surface area contributed by atoms with E-state index in [0.717, 1.165) is 17.4 Å². The van der Waals surface area contributed by atoms with Crippen molar-refractivity contribution in [3.63, 3.8) is 0 Å². The van der Waals surface area contributed by atoms with Crippen LogP contribution in [0.2, 0.25) is 0 Å². The summed E-state index contributed by atoms with van der Waals surface area (Å²) in [6.07, 6.45) is 3.56. The van der Waals surface area contributed by atoms with Crippen LogP contribution in [0.15, 0.2) is 22.7 Å². The van der Waals surface area contributed by atoms with Crippen molar-refractivity contribution < 1.29 is 9.90 Å². The van der Waals surface area contributed by atoms with Gasteiger partial charge in [-0.2, -0.15) is 0 Å². The third kappa shape index (κ3) is 3.70. The van der Waals surface area contributed by atoms with E-state index < -0.39 is 0 Å². The van der Waals surface area contributed by atoms with Crippen molar-refractivity contribution in [1.82, 2.24) is 10.2 Å². The van der Waals surface area contributed by atoms with Gasteiger partial charge >= 0.3 is 0 Å². The Morgan fingerprint density at radius 3 is 3.05 bits per heavy atom. The number of carbonyl (C=O) groups excluding carboxylic acids is 1. The summed E-state index contributed by atoms with van der Waals surface area (Å²) in [4.78, 5) is 14.3. The molecule has 0 aromatic heterocycles. The number of likely N-dealkylation sites (N-methyl/N-ethyl adjacent to an activating group) is 1. The highest BCUT2D eigenvalue weighted by atomic mass is 79.9. The first-order valence-electron chi connectivity index (χ1n) is 6.55. The van der Waals surface area contributed by atoms with Crippen LogP contribution in [0, 0.1) is 0 Å². The fraction of sp³-hybridized carbons (Fsp3) is 0.500. The number of phenolic OH excluding ortho intramolecular Hbond substituents is 1. The van der Waals surface area contributed by atoms with Gasteiger partial charge in [0.2, 0.25) is 0 Å². The first-order chi connectivity index (χ1) is 9.08. The summed E-state index contributed by atoms with van der Waals surface area (Å²) in [5.41, 5.74) is 0.313. The molecular formula is C14H19BrN2O2. The molecule has 4 nitrogen and oxygen atoms in total. The number of amides is 1. The summed E-state index contributed by atoms with van der Waals surface area (Å²) in [7, 11) is 2.09. The molecule has 1 unspecified atom stereocenters. The number of rotatable bonds is 3. The lowest BCUT2D eigenvalue weighted by Crippen LogP contribution is -2.44. The molecule has 0 saturated carbocycles. The van der Waals surface area contributed by atoms with Crippen LogP contribution in [0.3, 0.4) is 0 Å². The van der Waals surface area contributed by atoms with Gasteiger partial charge in [-0.3, -0.25) is 4.79 Å². The summed E-state index contributed by atoms with van der Waals surface area (Å²) >= 11 is 3.30. The third-order valence-corrected chi connectivity index (χ3v) is 4.12. The standard InChI is InChI=1S/C14H19BrN2O2/c1-17-7-3-2-4-11(17)9-16-14(19)12-8-10(15)5-6-13(12)18/h5-6,8,11,18H,2-4,7,9H2,1H3,(H,16,19). The summed E-state index contributed by atoms with van der Waals surface area (Å²) < 4.78 is 0.783. The van der Waals surface area contributed by atoms with E-state index in [1.165, 1.54) is 18.9 Å². The van der Waals surface area contributed by atoms with E-state index in [9.17, 15) is 9.90 Å². The Bertz CT molecular complexity index is 465. The number of carbonyl (C=O) groups is 1. The maximum atomic E-state index is 12.1. The molecule has 2 N–H and O–H groups in total. The summed E-state index contributed by atoms with van der Waals surface area (Å²) in [5, 5.41) is 12.6. The smallest absolute Gasteiger partial charge is 0.255 e. The zero-order chi connectivity index (χ0) is 13.8. The van der Waals surface area contributed by atoms with Gasteiger partial charge in [-0.05, 0) is 44.6 Å². The number of aromatic hydroxyl groups is 1. The van der Waals surface area contributed by atoms with Crippen LogP contribution in [0.4, 0.5) is 0 Å². The molecule has 0 radical (unpaired) electrons. The van der Waals surface area contributed by atoms with E-state index in [1.54, 1.807) is 12.1 Å². The Hall–Kier alpha value is -1.07. The number of halogens is 1. The quantitative estimate of drug-likeness (QED) is 0.896. The molecule has 1 aliphatic rings. The Morgan fingerprint density at radius 1 is 1.53 bits per heavy atom. The predicted molar refractivity (Wildman–Crippen MR) is 78.4 cm³/mol. The number of piperidine rings is 1. The number of nitrogens with zero attached hydrogens (tertiary/aromatic N) is 1. The van der Waals surface area contributed by atoms with Gasteiger partial charge in [0.1, 0.15) is 5.75 Å². The number of hydrogen-bond acceptors (Lipinski definition) is 3. The molecular weight excluding hydrogens is 308 g/mol. The second kappa shape index (κ2) is 6.39. The second-order valence-corrected chi connectivity index (χ2v) is 5.92. The number of likely N-dealkylation sites (tertiary alicyclic amines) is 1. The van der Waals surface area contributed by atoms with Crippen LogP contribution in [-0.2, 0) is 0 Å². The molecule has 1 fully saturated rings. The highest BCUT2D eigenvalue weighted by Gasteiger charge is 2.20. The van der Waals surface area contributed by atoms with Crippen LogP contribution < -0.4 is 5.32 Å². The molecule has 1 atom stereocenters. The molecule has 1 amide bonds. The minimum Gasteiger partial charge on any atom is -0.507 e. The van der Waals surface area contributed by atoms with Crippen LogP contribution in [-0.4, -0.2) is 42.1 Å². The van der Waals surface area contributed by atoms with Crippen molar-refractivity contribution in [3.8, 4) is 5.75 Å². The normalized spacial score (nSPS) is 20.2. The molecule has 0 bridgehead atoms. The van der Waals surface area contributed by atoms with E-state index in [-0.39, 0.29) is 11.7 Å². The van der Waals surface area contributed by atoms with Gasteiger partial charge in [0.15, 0.2) is 0 Å². The molecule has 1 heterocycles. The molecule has 0 spiro atoms. The topological polar surface area (TPSA) is 52.6 Å². The Balaban J connectivity index is 1.95. The molecule has 104 valence electrons. The summed E-state index contributed by atoms with van der Waals surface area (Å²) in [6.45, 7) is 1.71. The van der Waals surface area contributed by atoms with Crippen molar-refractivity contribution in [3.05, 3.63) is 28.2 Å². The van der Waals surface area contributed by atoms with Gasteiger partial charge in [-0.1, -0.05) is 22.4 Å². The molecule has 2 rings (SSSR count). The lowest BCUT2D eigenvalue weighted by Gasteiger charge is -2.32. The van der Waals surface area contributed by atoms with Crippen LogP contribution >= 0.6 is 15.9 Å². The summed E-state index contributed by atoms with van der Waals surface area (Å²) in [5.74, 6) is -0.213. The maximum Gasteiger partial charge on any atom is 0.255 e. The van der Waals surface area contributed by atoms with Gasteiger partial charge in [0.25, 0.3) is 5.91 Å². The average molecular weight is 327 g/mol. The number of phenols is 1. The molecule has 1 aromatic carbocycles. The van der Waals surface area contributed by atoms with Crippen molar-refractivity contribution in [1.29, 1.82) is 0 Å². The highest BCUT2D eigenvalue weighted by molar-refractivity contribution is 9.10. The SMILES string of the molecule is CN1CCCCC1CNC(=O)c1cc(Br)ccc1O. The van der Waals surface area contributed by atoms with Crippen molar-refractivity contribution >= 4 is 21.8 Å². The van der Waals surface area contributed by atoms with Gasteiger partial charge in [-0.15, -0.1) is 0 Å². The van der Waals surface area contributed by atoms with Gasteiger partial charge < -0.3 is 15.3 Å². The zero-order valence-corrected chi connectivity index (χ0v) is 12.6. The minimum absolute atomic E-state index is 0.0118. The number of benzene rings is 1. The second-order valence-electron chi connectivity index (χ2n) is 5.00. The monoisotopic (exact) mass is 326 g/mol. The zero-order valence-electron chi connectivity index (χ0n) is 11.0. The third-order valence-electron chi connectivity index (χ3n) is 3.62. The number of nitrogens with one attached hydrogen (secondary N) is 1. The van der Waals surface area contributed by atoms with E-state index >= 15 is 0 Å². The van der Waals surface area contributed by atoms with E-state index in [0.29, 0.717) is 18.2 Å². The van der Waals surface area contributed by atoms with E-state index in [1.807, 2.05) is 0 Å². The summed E-state index contributed by atoms with van der Waals surface area (Å²) in [6, 6.07) is 5.26. The van der Waals surface area contributed by atoms with Gasteiger partial charge in [0, 0.05) is 17.1 Å². The lowest BCUT2D eigenvalue weighted by molar-refractivity contribution is 0.0926. The first-order valence-corrected chi connectivity index (χ1v) is 7.34. The minimum atomic E-state index is -0.224. The first kappa shape index (κ1) is 14.3. The Labute approximate surface area is 121 Å². The maximum absolute atomic E-state index is 12.1. The molecule has 1 saturated heterocycles. The molecule has 0 aliphatic carbocycles. The van der Waals surface area contributed by atoms with E-state index in [2.05, 4.69) is 33.2 Å². The highest BCUT2D eigenvalue weighted by Crippen LogP contribution is 2.22. The van der Waals surface area contributed by atoms with Crippen molar-refractivity contribution in [2.24, 2.45) is 0 Å². The Morgan fingerprint density at radius 2 is 2.32 bits per heavy atom. The fourth-order valence-corrected chi connectivity index (χ4v) is 2.76. The van der Waals surface area contributed by atoms with Crippen LogP contribution in [0.5, 0.6) is 5.75 Å². The van der Waals surface area contributed by atoms with Gasteiger partial charge in [0.05, 0.1) is 5.56 Å². The largest absolute Gasteiger partial charge is 0.507 e. The van der Waals surface area contributed by atoms with Gasteiger partial charge in [-0.25, -0.2) is 0 Å².